The molecule has 3 aliphatic heterocycles. The molecule has 0 radical (unpaired) electrons. The minimum Gasteiger partial charge on any atom is -0.479 e. The van der Waals surface area contributed by atoms with Crippen LogP contribution in [0.4, 0.5) is 4.79 Å². The van der Waals surface area contributed by atoms with E-state index in [4.69, 9.17) is 14.5 Å². The third-order valence-electron chi connectivity index (χ3n) is 11.4. The van der Waals surface area contributed by atoms with E-state index in [9.17, 15) is 27.6 Å². The van der Waals surface area contributed by atoms with Gasteiger partial charge in [-0.15, -0.1) is 0 Å². The fraction of sp³-hybridized carbons (Fsp3) is 0.585. The number of alkyl carbamates (subject to hydrolysis) is 1. The summed E-state index contributed by atoms with van der Waals surface area (Å²) in [5.74, 6) is -1.63. The van der Waals surface area contributed by atoms with Crippen LogP contribution in [0.25, 0.3) is 17.0 Å². The van der Waals surface area contributed by atoms with Gasteiger partial charge in [0.05, 0.1) is 23.0 Å². The molecule has 7 rings (SSSR count). The van der Waals surface area contributed by atoms with Crippen molar-refractivity contribution < 1.29 is 37.1 Å². The van der Waals surface area contributed by atoms with Gasteiger partial charge >= 0.3 is 6.09 Å². The molecule has 2 aromatic rings. The van der Waals surface area contributed by atoms with Crippen LogP contribution >= 0.6 is 0 Å². The van der Waals surface area contributed by atoms with Crippen LogP contribution in [0, 0.1) is 18.8 Å². The second-order valence-corrected chi connectivity index (χ2v) is 19.0. The maximum absolute atomic E-state index is 15.0. The molecule has 3 fully saturated rings. The summed E-state index contributed by atoms with van der Waals surface area (Å²) in [6, 6.07) is 5.61. The SMILES string of the molecule is CCCC1CCCC=CC2CC2(C(=O)NS(=O)(=O)C2CC2)NC(=O)C2CC3(C=Cc4c(c(C)nc5ccccc45)O3)CN2C(=O)C(NC(=O)OC(C)(C)C)C1. The van der Waals surface area contributed by atoms with Gasteiger partial charge in [-0.3, -0.25) is 19.1 Å². The molecule has 13 nitrogen and oxygen atoms in total. The highest BCUT2D eigenvalue weighted by Gasteiger charge is 2.63. The summed E-state index contributed by atoms with van der Waals surface area (Å²) in [7, 11) is -3.90. The Morgan fingerprint density at radius 2 is 1.89 bits per heavy atom. The van der Waals surface area contributed by atoms with Crippen molar-refractivity contribution in [3.05, 3.63) is 53.8 Å². The largest absolute Gasteiger partial charge is 0.479 e. The summed E-state index contributed by atoms with van der Waals surface area (Å²) < 4.78 is 40.5. The molecule has 4 heterocycles. The van der Waals surface area contributed by atoms with Crippen LogP contribution in [0.3, 0.4) is 0 Å². The zero-order valence-electron chi connectivity index (χ0n) is 32.4. The van der Waals surface area contributed by atoms with Gasteiger partial charge in [-0.1, -0.05) is 62.6 Å². The quantitative estimate of drug-likeness (QED) is 0.333. The minimum atomic E-state index is -3.90. The molecule has 1 spiro atoms. The highest BCUT2D eigenvalue weighted by Crippen LogP contribution is 2.47. The average molecular weight is 776 g/mol. The number of fused-ring (bicyclic) bond motifs is 5. The van der Waals surface area contributed by atoms with E-state index in [1.807, 2.05) is 55.5 Å². The maximum atomic E-state index is 15.0. The molecule has 6 unspecified atom stereocenters. The van der Waals surface area contributed by atoms with Crippen molar-refractivity contribution >= 4 is 50.8 Å². The number of para-hydroxylation sites is 1. The molecule has 14 heteroatoms. The Morgan fingerprint density at radius 1 is 1.13 bits per heavy atom. The van der Waals surface area contributed by atoms with Gasteiger partial charge in [0, 0.05) is 23.3 Å². The monoisotopic (exact) mass is 775 g/mol. The molecule has 6 atom stereocenters. The summed E-state index contributed by atoms with van der Waals surface area (Å²) in [5, 5.41) is 6.07. The number of carbonyl (C=O) groups excluding carboxylic acids is 4. The van der Waals surface area contributed by atoms with E-state index in [0.29, 0.717) is 37.1 Å². The van der Waals surface area contributed by atoms with Crippen molar-refractivity contribution in [2.45, 2.75) is 133 Å². The first-order chi connectivity index (χ1) is 26.0. The Hall–Kier alpha value is -4.46. The van der Waals surface area contributed by atoms with Crippen LogP contribution in [-0.4, -0.2) is 82.7 Å². The van der Waals surface area contributed by atoms with E-state index in [1.165, 1.54) is 4.90 Å². The Kier molecular flexibility index (Phi) is 10.3. The lowest BCUT2D eigenvalue weighted by atomic mass is 9.89. The van der Waals surface area contributed by atoms with Crippen LogP contribution in [0.5, 0.6) is 5.75 Å². The second kappa shape index (κ2) is 14.6. The number of benzene rings is 1. The molecule has 1 saturated heterocycles. The molecule has 1 aromatic heterocycles. The lowest BCUT2D eigenvalue weighted by Crippen LogP contribution is -2.58. The van der Waals surface area contributed by atoms with Crippen LogP contribution < -0.4 is 20.1 Å². The molecule has 0 bridgehead atoms. The van der Waals surface area contributed by atoms with Crippen molar-refractivity contribution in [2.24, 2.45) is 11.8 Å². The van der Waals surface area contributed by atoms with Crippen molar-refractivity contribution in [1.82, 2.24) is 25.2 Å². The first-order valence-corrected chi connectivity index (χ1v) is 21.2. The standard InChI is InChI=1S/C41H53N5O8S/c1-6-12-26-13-8-7-9-14-27-22-41(27,37(49)45-55(51,52)28-17-18-28)44-35(47)33-23-40(24-46(33)36(48)32(21-26)43-38(50)54-39(3,4)5)20-19-30-29-15-10-11-16-31(29)42-25(2)34(30)53-40/h9-11,14-16,19-20,26-28,32-33H,6-8,12-13,17-18,21-24H2,1-5H3,(H,43,50)(H,44,47)(H,45,49). The van der Waals surface area contributed by atoms with E-state index < -0.39 is 73.8 Å². The third kappa shape index (κ3) is 8.10. The average Bonchev–Trinajstić information content (AvgIpc) is 4.04. The summed E-state index contributed by atoms with van der Waals surface area (Å²) in [6.07, 6.45) is 12.6. The van der Waals surface area contributed by atoms with Crippen molar-refractivity contribution in [1.29, 1.82) is 0 Å². The van der Waals surface area contributed by atoms with E-state index in [1.54, 1.807) is 20.8 Å². The van der Waals surface area contributed by atoms with E-state index in [-0.39, 0.29) is 25.3 Å². The van der Waals surface area contributed by atoms with E-state index >= 15 is 0 Å². The highest BCUT2D eigenvalue weighted by atomic mass is 32.2. The number of hydrogen-bond donors (Lipinski definition) is 3. The number of nitrogens with zero attached hydrogens (tertiary/aromatic N) is 2. The summed E-state index contributed by atoms with van der Waals surface area (Å²) in [6.45, 7) is 9.18. The summed E-state index contributed by atoms with van der Waals surface area (Å²) in [4.78, 5) is 63.0. The molecule has 4 amide bonds. The lowest BCUT2D eigenvalue weighted by Gasteiger charge is -2.33. The first kappa shape index (κ1) is 38.8. The van der Waals surface area contributed by atoms with Crippen LogP contribution in [0.1, 0.15) is 103 Å². The van der Waals surface area contributed by atoms with Gasteiger partial charge in [0.2, 0.25) is 21.8 Å². The molecule has 5 aliphatic rings. The molecule has 2 saturated carbocycles. The number of aryl methyl sites for hydroxylation is 1. The predicted octanol–water partition coefficient (Wildman–Crippen LogP) is 5.21. The number of amides is 4. The van der Waals surface area contributed by atoms with Crippen molar-refractivity contribution in [2.75, 3.05) is 6.54 Å². The number of ether oxygens (including phenoxy) is 2. The zero-order valence-corrected chi connectivity index (χ0v) is 33.2. The Morgan fingerprint density at radius 3 is 2.62 bits per heavy atom. The number of carbonyl (C=O) groups is 4. The first-order valence-electron chi connectivity index (χ1n) is 19.7. The smallest absolute Gasteiger partial charge is 0.408 e. The van der Waals surface area contributed by atoms with Gasteiger partial charge in [-0.05, 0) is 84.3 Å². The minimum absolute atomic E-state index is 0.0182. The summed E-state index contributed by atoms with van der Waals surface area (Å²) >= 11 is 0. The number of rotatable bonds is 6. The fourth-order valence-corrected chi connectivity index (χ4v) is 9.78. The van der Waals surface area contributed by atoms with Gasteiger partial charge in [0.25, 0.3) is 5.91 Å². The highest BCUT2D eigenvalue weighted by molar-refractivity contribution is 7.91. The Bertz CT molecular complexity index is 2060. The molecular weight excluding hydrogens is 723 g/mol. The number of aromatic nitrogens is 1. The molecule has 3 N–H and O–H groups in total. The number of pyridine rings is 1. The summed E-state index contributed by atoms with van der Waals surface area (Å²) in [5.41, 5.74) is -1.14. The number of hydrogen-bond acceptors (Lipinski definition) is 9. The molecule has 2 aliphatic carbocycles. The molecule has 1 aromatic carbocycles. The Balaban J connectivity index is 1.27. The lowest BCUT2D eigenvalue weighted by molar-refractivity contribution is -0.141. The normalized spacial score (nSPS) is 29.6. The number of allylic oxidation sites excluding steroid dienone is 1. The van der Waals surface area contributed by atoms with Gasteiger partial charge < -0.3 is 25.0 Å². The number of nitrogens with one attached hydrogen (secondary N) is 3. The fourth-order valence-electron chi connectivity index (χ4n) is 8.42. The molecule has 296 valence electrons. The van der Waals surface area contributed by atoms with Gasteiger partial charge in [0.1, 0.15) is 34.6 Å². The van der Waals surface area contributed by atoms with Crippen molar-refractivity contribution in [3.8, 4) is 5.75 Å². The third-order valence-corrected chi connectivity index (χ3v) is 13.2. The van der Waals surface area contributed by atoms with Crippen molar-refractivity contribution in [3.63, 3.8) is 0 Å². The molecular formula is C41H53N5O8S. The maximum Gasteiger partial charge on any atom is 0.408 e. The van der Waals surface area contributed by atoms with Crippen LogP contribution in [0.2, 0.25) is 0 Å². The Labute approximate surface area is 323 Å². The van der Waals surface area contributed by atoms with Crippen LogP contribution in [-0.2, 0) is 29.1 Å². The van der Waals surface area contributed by atoms with Gasteiger partial charge in [-0.25, -0.2) is 18.2 Å². The number of sulfonamides is 1. The van der Waals surface area contributed by atoms with E-state index in [2.05, 4.69) is 22.3 Å². The molecule has 55 heavy (non-hydrogen) atoms. The predicted molar refractivity (Wildman–Crippen MR) is 207 cm³/mol. The van der Waals surface area contributed by atoms with Gasteiger partial charge in [0.15, 0.2) is 0 Å². The van der Waals surface area contributed by atoms with Crippen LogP contribution in [0.15, 0.2) is 42.5 Å². The second-order valence-electron chi connectivity index (χ2n) is 17.0. The van der Waals surface area contributed by atoms with E-state index in [0.717, 1.165) is 42.1 Å². The topological polar surface area (TPSA) is 173 Å². The zero-order chi connectivity index (χ0) is 39.3. The van der Waals surface area contributed by atoms with Gasteiger partial charge in [-0.2, -0.15) is 0 Å².